The maximum Gasteiger partial charge on any atom is 0.281 e. The Morgan fingerprint density at radius 2 is 1.76 bits per heavy atom. The summed E-state index contributed by atoms with van der Waals surface area (Å²) in [5.41, 5.74) is 2.71. The van der Waals surface area contributed by atoms with E-state index in [0.717, 1.165) is 17.4 Å². The van der Waals surface area contributed by atoms with Crippen molar-refractivity contribution in [1.82, 2.24) is 5.01 Å². The molecular formula is C28H27ClN2O6. The first-order chi connectivity index (χ1) is 18.0. The number of aldehydes is 1. The number of ether oxygens (including phenoxy) is 4. The van der Waals surface area contributed by atoms with Crippen LogP contribution < -0.4 is 18.9 Å². The van der Waals surface area contributed by atoms with Gasteiger partial charge in [-0.05, 0) is 48.9 Å². The Kier molecular flexibility index (Phi) is 8.30. The molecule has 1 atom stereocenters. The molecule has 0 fully saturated rings. The first-order valence-electron chi connectivity index (χ1n) is 11.7. The van der Waals surface area contributed by atoms with Crippen LogP contribution in [0.15, 0.2) is 65.8 Å². The second kappa shape index (κ2) is 11.8. The standard InChI is InChI=1S/C28H27ClN2O6/c1-4-36-27-13-18(16-32)9-11-25(27)37-17-28(33)31-23(19-10-12-24(34-2)26(14-19)35-3)15-22(30-31)20-7-5-6-8-21(20)29/h5-14,16,23H,4,15,17H2,1-3H3. The number of methoxy groups -OCH3 is 2. The van der Waals surface area contributed by atoms with Crippen LogP contribution in [0.5, 0.6) is 23.0 Å². The van der Waals surface area contributed by atoms with Crippen LogP contribution in [-0.2, 0) is 4.79 Å². The third kappa shape index (κ3) is 5.70. The van der Waals surface area contributed by atoms with Crippen LogP contribution in [0.4, 0.5) is 0 Å². The first kappa shape index (κ1) is 26.0. The summed E-state index contributed by atoms with van der Waals surface area (Å²) in [5, 5.41) is 6.63. The van der Waals surface area contributed by atoms with Crippen LogP contribution in [0.2, 0.25) is 5.02 Å². The molecule has 0 bridgehead atoms. The van der Waals surface area contributed by atoms with Crippen LogP contribution in [0.3, 0.4) is 0 Å². The van der Waals surface area contributed by atoms with Gasteiger partial charge in [0.1, 0.15) is 6.29 Å². The Bertz CT molecular complexity index is 1330. The van der Waals surface area contributed by atoms with Crippen LogP contribution in [0.25, 0.3) is 0 Å². The lowest BCUT2D eigenvalue weighted by Gasteiger charge is -2.23. The molecule has 1 unspecified atom stereocenters. The van der Waals surface area contributed by atoms with Crippen molar-refractivity contribution >= 4 is 29.5 Å². The summed E-state index contributed by atoms with van der Waals surface area (Å²) in [6, 6.07) is 17.3. The molecule has 8 nitrogen and oxygen atoms in total. The summed E-state index contributed by atoms with van der Waals surface area (Å²) in [6.07, 6.45) is 1.17. The SMILES string of the molecule is CCOc1cc(C=O)ccc1OCC(=O)N1N=C(c2ccccc2Cl)CC1c1ccc(OC)c(OC)c1. The van der Waals surface area contributed by atoms with Gasteiger partial charge in [-0.3, -0.25) is 9.59 Å². The minimum Gasteiger partial charge on any atom is -0.493 e. The molecule has 3 aromatic carbocycles. The number of rotatable bonds is 10. The minimum atomic E-state index is -0.411. The van der Waals surface area contributed by atoms with E-state index in [-0.39, 0.29) is 12.5 Å². The lowest BCUT2D eigenvalue weighted by molar-refractivity contribution is -0.135. The fourth-order valence-corrected chi connectivity index (χ4v) is 4.35. The van der Waals surface area contributed by atoms with Crippen molar-refractivity contribution in [2.45, 2.75) is 19.4 Å². The third-order valence-corrected chi connectivity index (χ3v) is 6.23. The Balaban J connectivity index is 1.64. The fraction of sp³-hybridized carbons (Fsp3) is 0.250. The van der Waals surface area contributed by atoms with Crippen molar-refractivity contribution in [2.75, 3.05) is 27.4 Å². The number of nitrogens with zero attached hydrogens (tertiary/aromatic N) is 2. The molecule has 4 rings (SSSR count). The number of hydrogen-bond acceptors (Lipinski definition) is 7. The molecule has 1 amide bonds. The minimum absolute atomic E-state index is 0.288. The monoisotopic (exact) mass is 522 g/mol. The second-order valence-electron chi connectivity index (χ2n) is 8.14. The molecule has 37 heavy (non-hydrogen) atoms. The van der Waals surface area contributed by atoms with Crippen LogP contribution in [0, 0.1) is 0 Å². The molecule has 1 heterocycles. The highest BCUT2D eigenvalue weighted by molar-refractivity contribution is 6.34. The van der Waals surface area contributed by atoms with Gasteiger partial charge in [0.15, 0.2) is 29.6 Å². The molecule has 1 aliphatic rings. The molecule has 0 spiro atoms. The molecule has 192 valence electrons. The maximum absolute atomic E-state index is 13.4. The lowest BCUT2D eigenvalue weighted by Crippen LogP contribution is -2.31. The van der Waals surface area contributed by atoms with Crippen molar-refractivity contribution < 1.29 is 28.5 Å². The summed E-state index contributed by atoms with van der Waals surface area (Å²) in [5.74, 6) is 1.52. The largest absolute Gasteiger partial charge is 0.493 e. The predicted octanol–water partition coefficient (Wildman–Crippen LogP) is 5.33. The molecule has 9 heteroatoms. The number of carbonyl (C=O) groups excluding carboxylic acids is 2. The van der Waals surface area contributed by atoms with Gasteiger partial charge in [-0.1, -0.05) is 35.9 Å². The highest BCUT2D eigenvalue weighted by Crippen LogP contribution is 2.38. The van der Waals surface area contributed by atoms with E-state index in [1.807, 2.05) is 37.3 Å². The van der Waals surface area contributed by atoms with E-state index in [1.165, 1.54) is 5.01 Å². The Hall–Kier alpha value is -4.04. The predicted molar refractivity (Wildman–Crippen MR) is 140 cm³/mol. The van der Waals surface area contributed by atoms with Gasteiger partial charge < -0.3 is 18.9 Å². The first-order valence-corrected chi connectivity index (χ1v) is 12.1. The molecule has 1 aliphatic heterocycles. The van der Waals surface area contributed by atoms with E-state index < -0.39 is 6.04 Å². The van der Waals surface area contributed by atoms with E-state index in [9.17, 15) is 9.59 Å². The number of benzene rings is 3. The molecular weight excluding hydrogens is 496 g/mol. The molecule has 0 radical (unpaired) electrons. The fourth-order valence-electron chi connectivity index (χ4n) is 4.11. The van der Waals surface area contributed by atoms with Crippen molar-refractivity contribution in [2.24, 2.45) is 5.10 Å². The van der Waals surface area contributed by atoms with Crippen LogP contribution in [0.1, 0.15) is 40.9 Å². The van der Waals surface area contributed by atoms with Gasteiger partial charge in [-0.2, -0.15) is 5.10 Å². The van der Waals surface area contributed by atoms with E-state index in [4.69, 9.17) is 30.5 Å². The van der Waals surface area contributed by atoms with Gasteiger partial charge in [0.2, 0.25) is 0 Å². The summed E-state index contributed by atoms with van der Waals surface area (Å²) < 4.78 is 22.2. The molecule has 0 saturated carbocycles. The smallest absolute Gasteiger partial charge is 0.281 e. The molecule has 0 N–H and O–H groups in total. The number of amides is 1. The van der Waals surface area contributed by atoms with Crippen molar-refractivity contribution in [3.63, 3.8) is 0 Å². The van der Waals surface area contributed by atoms with E-state index in [0.29, 0.717) is 52.3 Å². The lowest BCUT2D eigenvalue weighted by atomic mass is 9.98. The topological polar surface area (TPSA) is 86.7 Å². The molecule has 0 saturated heterocycles. The summed E-state index contributed by atoms with van der Waals surface area (Å²) >= 11 is 6.44. The Labute approximate surface area is 220 Å². The van der Waals surface area contributed by atoms with Crippen LogP contribution in [-0.4, -0.2) is 50.3 Å². The van der Waals surface area contributed by atoms with Gasteiger partial charge in [0.05, 0.1) is 32.6 Å². The Morgan fingerprint density at radius 1 is 1.00 bits per heavy atom. The summed E-state index contributed by atoms with van der Waals surface area (Å²) in [4.78, 5) is 24.6. The number of hydrazone groups is 1. The summed E-state index contributed by atoms with van der Waals surface area (Å²) in [7, 11) is 3.13. The Morgan fingerprint density at radius 3 is 2.46 bits per heavy atom. The molecule has 0 aliphatic carbocycles. The third-order valence-electron chi connectivity index (χ3n) is 5.90. The normalized spacial score (nSPS) is 14.6. The zero-order chi connectivity index (χ0) is 26.4. The molecule has 3 aromatic rings. The van der Waals surface area contributed by atoms with Gasteiger partial charge in [0, 0.05) is 22.6 Å². The highest BCUT2D eigenvalue weighted by Gasteiger charge is 2.34. The zero-order valence-corrected chi connectivity index (χ0v) is 21.5. The maximum atomic E-state index is 13.4. The van der Waals surface area contributed by atoms with Crippen molar-refractivity contribution in [1.29, 1.82) is 0 Å². The van der Waals surface area contributed by atoms with Gasteiger partial charge >= 0.3 is 0 Å². The number of halogens is 1. The van der Waals surface area contributed by atoms with Crippen molar-refractivity contribution in [3.8, 4) is 23.0 Å². The van der Waals surface area contributed by atoms with Gasteiger partial charge in [-0.15, -0.1) is 0 Å². The highest BCUT2D eigenvalue weighted by atomic mass is 35.5. The number of carbonyl (C=O) groups is 2. The quantitative estimate of drug-likeness (QED) is 0.335. The average Bonchev–Trinajstić information content (AvgIpc) is 3.37. The van der Waals surface area contributed by atoms with Gasteiger partial charge in [0.25, 0.3) is 5.91 Å². The van der Waals surface area contributed by atoms with E-state index >= 15 is 0 Å². The van der Waals surface area contributed by atoms with Crippen molar-refractivity contribution in [3.05, 3.63) is 82.4 Å². The average molecular weight is 523 g/mol. The van der Waals surface area contributed by atoms with E-state index in [2.05, 4.69) is 5.10 Å². The van der Waals surface area contributed by atoms with E-state index in [1.54, 1.807) is 44.6 Å². The summed E-state index contributed by atoms with van der Waals surface area (Å²) in [6.45, 7) is 1.92. The number of hydrogen-bond donors (Lipinski definition) is 0. The van der Waals surface area contributed by atoms with Gasteiger partial charge in [-0.25, -0.2) is 5.01 Å². The second-order valence-corrected chi connectivity index (χ2v) is 8.55. The van der Waals surface area contributed by atoms with Crippen LogP contribution >= 0.6 is 11.6 Å². The molecule has 0 aromatic heterocycles. The zero-order valence-electron chi connectivity index (χ0n) is 20.8.